The van der Waals surface area contributed by atoms with Crippen LogP contribution in [-0.2, 0) is 67.6 Å². The Morgan fingerprint density at radius 1 is 0.558 bits per heavy atom. The van der Waals surface area contributed by atoms with E-state index in [9.17, 15) is 5.11 Å². The van der Waals surface area contributed by atoms with Crippen molar-refractivity contribution < 1.29 is 28.8 Å². The summed E-state index contributed by atoms with van der Waals surface area (Å²) in [5.74, 6) is 0.750. The normalized spacial score (nSPS) is 20.3. The first kappa shape index (κ1) is 38.0. The molecule has 1 aliphatic heterocycles. The van der Waals surface area contributed by atoms with Crippen molar-refractivity contribution in [2.24, 2.45) is 0 Å². The molecule has 1 fully saturated rings. The summed E-state index contributed by atoms with van der Waals surface area (Å²) >= 11 is 0. The van der Waals surface area contributed by atoms with E-state index in [1.807, 2.05) is 115 Å². The van der Waals surface area contributed by atoms with Crippen LogP contribution in [0.15, 0.2) is 152 Å². The smallest absolute Gasteiger partial charge is 0.170 e. The highest BCUT2D eigenvalue weighted by Gasteiger charge is 2.56. The molecule has 0 saturated carbocycles. The van der Waals surface area contributed by atoms with Crippen LogP contribution < -0.4 is 0 Å². The molecule has 0 aliphatic carbocycles. The van der Waals surface area contributed by atoms with Crippen molar-refractivity contribution in [3.63, 3.8) is 0 Å². The van der Waals surface area contributed by atoms with E-state index in [4.69, 9.17) is 23.7 Å². The lowest BCUT2D eigenvalue weighted by atomic mass is 10.1. The first-order chi connectivity index (χ1) is 25.6. The van der Waals surface area contributed by atoms with E-state index in [1.165, 1.54) is 0 Å². The Morgan fingerprint density at radius 3 is 1.48 bits per heavy atom. The summed E-state index contributed by atoms with van der Waals surface area (Å²) in [6, 6.07) is 51.0. The van der Waals surface area contributed by atoms with Gasteiger partial charge in [-0.3, -0.25) is 0 Å². The molecule has 7 atom stereocenters. The maximum absolute atomic E-state index is 12.2. The molecule has 0 aromatic heterocycles. The van der Waals surface area contributed by atoms with E-state index in [0.717, 1.165) is 33.6 Å². The molecule has 52 heavy (non-hydrogen) atoms. The lowest BCUT2D eigenvalue weighted by Crippen LogP contribution is -2.48. The number of ether oxygens (including phenoxy) is 5. The maximum atomic E-state index is 12.2. The minimum atomic E-state index is -0.790. The maximum Gasteiger partial charge on any atom is 0.170 e. The summed E-state index contributed by atoms with van der Waals surface area (Å²) in [5, 5.41) is 12.1. The molecule has 0 bridgehead atoms. The third-order valence-corrected chi connectivity index (χ3v) is 12.6. The largest absolute Gasteiger partial charge is 0.385 e. The second kappa shape index (κ2) is 20.5. The Kier molecular flexibility index (Phi) is 14.9. The van der Waals surface area contributed by atoms with E-state index < -0.39 is 12.2 Å². The van der Waals surface area contributed by atoms with Crippen molar-refractivity contribution in [1.82, 2.24) is 0 Å². The Morgan fingerprint density at radius 2 is 0.981 bits per heavy atom. The van der Waals surface area contributed by atoms with E-state index in [0.29, 0.717) is 39.6 Å². The molecular formula is C45H51O6S+. The summed E-state index contributed by atoms with van der Waals surface area (Å²) in [6.45, 7) is 5.17. The lowest BCUT2D eigenvalue weighted by Gasteiger charge is -2.29. The van der Waals surface area contributed by atoms with Gasteiger partial charge in [-0.15, -0.1) is 0 Å². The third kappa shape index (κ3) is 11.4. The third-order valence-electron chi connectivity index (χ3n) is 9.50. The van der Waals surface area contributed by atoms with Gasteiger partial charge in [0.2, 0.25) is 0 Å². The highest BCUT2D eigenvalue weighted by Crippen LogP contribution is 2.35. The van der Waals surface area contributed by atoms with Crippen LogP contribution in [-0.4, -0.2) is 59.0 Å². The Bertz CT molecular complexity index is 1680. The van der Waals surface area contributed by atoms with Gasteiger partial charge in [-0.1, -0.05) is 152 Å². The molecule has 1 heterocycles. The quantitative estimate of drug-likeness (QED) is 0.0825. The van der Waals surface area contributed by atoms with Crippen molar-refractivity contribution >= 4 is 10.9 Å². The van der Waals surface area contributed by atoms with Gasteiger partial charge < -0.3 is 28.8 Å². The average Bonchev–Trinajstić information content (AvgIpc) is 3.55. The standard InChI is InChI=1S/C45H51O6S/c1-35(44(46)41(49-29-38-21-11-4-12-22-38)32-47-27-36-17-7-2-8-18-36)52-34-42(50-30-39-23-13-5-14-24-39)45(51-31-40-25-15-6-16-26-40)43(52)33-48-28-37-19-9-3-10-20-37/h2-26,35,41-46H,27-34H2,1H3/q+1/t35-,41-,42+,43?,44+,45+,52?/m0/s1. The van der Waals surface area contributed by atoms with Gasteiger partial charge >= 0.3 is 0 Å². The van der Waals surface area contributed by atoms with Gasteiger partial charge in [-0.2, -0.15) is 0 Å². The molecule has 5 aromatic carbocycles. The van der Waals surface area contributed by atoms with Crippen LogP contribution in [0.25, 0.3) is 0 Å². The monoisotopic (exact) mass is 719 g/mol. The van der Waals surface area contributed by atoms with Crippen LogP contribution in [0.4, 0.5) is 0 Å². The van der Waals surface area contributed by atoms with E-state index in [2.05, 4.69) is 43.3 Å². The van der Waals surface area contributed by atoms with Crippen LogP contribution in [0.1, 0.15) is 34.7 Å². The van der Waals surface area contributed by atoms with E-state index in [1.54, 1.807) is 0 Å². The van der Waals surface area contributed by atoms with Crippen molar-refractivity contribution in [2.75, 3.05) is 19.0 Å². The molecule has 0 spiro atoms. The van der Waals surface area contributed by atoms with Crippen LogP contribution in [0.5, 0.6) is 0 Å². The predicted molar refractivity (Wildman–Crippen MR) is 209 cm³/mol. The zero-order chi connectivity index (χ0) is 35.8. The summed E-state index contributed by atoms with van der Waals surface area (Å²) in [6.07, 6.45) is -1.73. The van der Waals surface area contributed by atoms with Gasteiger partial charge in [0.15, 0.2) is 5.25 Å². The molecule has 7 heteroatoms. The number of benzene rings is 5. The number of hydrogen-bond acceptors (Lipinski definition) is 6. The molecule has 1 aliphatic rings. The fourth-order valence-electron chi connectivity index (χ4n) is 6.57. The number of rotatable bonds is 20. The fraction of sp³-hybridized carbons (Fsp3) is 0.333. The van der Waals surface area contributed by atoms with Gasteiger partial charge in [0.25, 0.3) is 0 Å². The highest BCUT2D eigenvalue weighted by molar-refractivity contribution is 7.98. The SMILES string of the molecule is C[C@@H]([C@@H](O)[C@H](COCc1ccccc1)OCc1ccccc1)[S+]1C[C@@H](OCc2ccccc2)[C@@H](OCc2ccccc2)C1COCc1ccccc1. The van der Waals surface area contributed by atoms with Gasteiger partial charge in [0.05, 0.1) is 46.2 Å². The molecule has 6 rings (SSSR count). The molecule has 0 radical (unpaired) electrons. The first-order valence-electron chi connectivity index (χ1n) is 18.2. The van der Waals surface area contributed by atoms with E-state index >= 15 is 0 Å². The first-order valence-corrected chi connectivity index (χ1v) is 19.7. The lowest BCUT2D eigenvalue weighted by molar-refractivity contribution is -0.0884. The van der Waals surface area contributed by atoms with Crippen molar-refractivity contribution in [2.45, 2.75) is 74.9 Å². The highest BCUT2D eigenvalue weighted by atomic mass is 32.2. The Balaban J connectivity index is 1.22. The van der Waals surface area contributed by atoms with E-state index in [-0.39, 0.29) is 40.2 Å². The zero-order valence-corrected chi connectivity index (χ0v) is 30.8. The van der Waals surface area contributed by atoms with Crippen LogP contribution >= 0.6 is 0 Å². The van der Waals surface area contributed by atoms with Crippen LogP contribution in [0.2, 0.25) is 0 Å². The topological polar surface area (TPSA) is 66.4 Å². The number of aliphatic hydroxyl groups is 1. The van der Waals surface area contributed by atoms with Crippen LogP contribution in [0.3, 0.4) is 0 Å². The summed E-state index contributed by atoms with van der Waals surface area (Å²) in [5.41, 5.74) is 5.48. The second-order valence-corrected chi connectivity index (χ2v) is 15.9. The zero-order valence-electron chi connectivity index (χ0n) is 30.0. The summed E-state index contributed by atoms with van der Waals surface area (Å²) < 4.78 is 32.7. The fourth-order valence-corrected chi connectivity index (χ4v) is 9.74. The van der Waals surface area contributed by atoms with Crippen molar-refractivity contribution in [3.8, 4) is 0 Å². The molecule has 272 valence electrons. The minimum absolute atomic E-state index is 0.00198. The van der Waals surface area contributed by atoms with Gasteiger partial charge in [-0.25, -0.2) is 0 Å². The number of aliphatic hydroxyl groups excluding tert-OH is 1. The second-order valence-electron chi connectivity index (χ2n) is 13.3. The predicted octanol–water partition coefficient (Wildman–Crippen LogP) is 7.93. The summed E-state index contributed by atoms with van der Waals surface area (Å²) in [7, 11) is -0.344. The average molecular weight is 720 g/mol. The molecule has 1 N–H and O–H groups in total. The Labute approximate surface area is 312 Å². The summed E-state index contributed by atoms with van der Waals surface area (Å²) in [4.78, 5) is 0. The van der Waals surface area contributed by atoms with Crippen molar-refractivity contribution in [3.05, 3.63) is 179 Å². The molecular weight excluding hydrogens is 669 g/mol. The van der Waals surface area contributed by atoms with Crippen molar-refractivity contribution in [1.29, 1.82) is 0 Å². The molecule has 5 aromatic rings. The minimum Gasteiger partial charge on any atom is -0.385 e. The molecule has 1 saturated heterocycles. The Hall–Kier alpha value is -3.79. The van der Waals surface area contributed by atoms with Gasteiger partial charge in [0.1, 0.15) is 35.4 Å². The molecule has 2 unspecified atom stereocenters. The van der Waals surface area contributed by atoms with Crippen LogP contribution in [0, 0.1) is 0 Å². The number of hydrogen-bond donors (Lipinski definition) is 1. The molecule has 6 nitrogen and oxygen atoms in total. The van der Waals surface area contributed by atoms with Gasteiger partial charge in [0, 0.05) is 10.9 Å². The molecule has 0 amide bonds. The van der Waals surface area contributed by atoms with Gasteiger partial charge in [-0.05, 0) is 34.7 Å².